The maximum Gasteiger partial charge on any atom is 0.228 e. The van der Waals surface area contributed by atoms with Gasteiger partial charge in [-0.3, -0.25) is 4.79 Å². The minimum atomic E-state index is 0.0312. The maximum absolute atomic E-state index is 11.5. The van der Waals surface area contributed by atoms with E-state index in [1.165, 1.54) is 0 Å². The van der Waals surface area contributed by atoms with Crippen LogP contribution in [0.15, 0.2) is 12.1 Å². The Labute approximate surface area is 130 Å². The molecule has 1 amide bonds. The molecular formula is C16H21ClN2O2. The van der Waals surface area contributed by atoms with Crippen molar-refractivity contribution in [2.75, 3.05) is 18.5 Å². The van der Waals surface area contributed by atoms with Gasteiger partial charge in [0.2, 0.25) is 5.91 Å². The zero-order chi connectivity index (χ0) is 15.0. The highest BCUT2D eigenvalue weighted by Gasteiger charge is 2.34. The summed E-state index contributed by atoms with van der Waals surface area (Å²) in [6, 6.07) is 3.99. The second-order valence-electron chi connectivity index (χ2n) is 5.89. The maximum atomic E-state index is 11.5. The Morgan fingerprint density at radius 1 is 1.52 bits per heavy atom. The van der Waals surface area contributed by atoms with E-state index < -0.39 is 0 Å². The van der Waals surface area contributed by atoms with E-state index in [1.807, 2.05) is 6.07 Å². The van der Waals surface area contributed by atoms with Crippen LogP contribution in [0.25, 0.3) is 0 Å². The molecule has 21 heavy (non-hydrogen) atoms. The molecule has 1 fully saturated rings. The summed E-state index contributed by atoms with van der Waals surface area (Å²) in [5, 5.41) is 7.02. The van der Waals surface area contributed by atoms with Crippen molar-refractivity contribution in [3.05, 3.63) is 28.3 Å². The van der Waals surface area contributed by atoms with Gasteiger partial charge in [0.15, 0.2) is 0 Å². The molecule has 4 nitrogen and oxygen atoms in total. The lowest BCUT2D eigenvalue weighted by Crippen LogP contribution is -2.35. The Morgan fingerprint density at radius 2 is 2.33 bits per heavy atom. The Kier molecular flexibility index (Phi) is 4.20. The van der Waals surface area contributed by atoms with E-state index in [0.717, 1.165) is 36.4 Å². The average Bonchev–Trinajstić information content (AvgIpc) is 3.00. The van der Waals surface area contributed by atoms with Gasteiger partial charge < -0.3 is 15.4 Å². The first-order valence-corrected chi connectivity index (χ1v) is 7.95. The van der Waals surface area contributed by atoms with E-state index in [-0.39, 0.29) is 18.1 Å². The summed E-state index contributed by atoms with van der Waals surface area (Å²) in [5.41, 5.74) is 2.89. The first kappa shape index (κ1) is 14.8. The van der Waals surface area contributed by atoms with Crippen LogP contribution in [0.2, 0.25) is 5.02 Å². The Bertz CT molecular complexity index is 561. The quantitative estimate of drug-likeness (QED) is 0.899. The molecule has 0 spiro atoms. The highest BCUT2D eigenvalue weighted by atomic mass is 35.5. The molecule has 0 aromatic heterocycles. The number of carbonyl (C=O) groups is 1. The summed E-state index contributed by atoms with van der Waals surface area (Å²) in [5.74, 6) is 0.529. The number of anilines is 1. The molecule has 0 bridgehead atoms. The Balaban J connectivity index is 1.96. The van der Waals surface area contributed by atoms with Crippen molar-refractivity contribution < 1.29 is 9.53 Å². The summed E-state index contributed by atoms with van der Waals surface area (Å²) in [7, 11) is 0. The lowest BCUT2D eigenvalue weighted by atomic mass is 9.91. The molecule has 2 aliphatic heterocycles. The van der Waals surface area contributed by atoms with Gasteiger partial charge in [0.25, 0.3) is 0 Å². The Hall–Kier alpha value is -1.10. The van der Waals surface area contributed by atoms with Gasteiger partial charge in [-0.15, -0.1) is 0 Å². The molecule has 2 N–H and O–H groups in total. The second kappa shape index (κ2) is 5.95. The van der Waals surface area contributed by atoms with E-state index >= 15 is 0 Å². The van der Waals surface area contributed by atoms with Crippen LogP contribution in [0, 0.1) is 5.92 Å². The van der Waals surface area contributed by atoms with E-state index in [0.29, 0.717) is 17.4 Å². The summed E-state index contributed by atoms with van der Waals surface area (Å²) < 4.78 is 5.93. The van der Waals surface area contributed by atoms with Crippen LogP contribution in [0.3, 0.4) is 0 Å². The van der Waals surface area contributed by atoms with Crippen LogP contribution < -0.4 is 10.6 Å². The number of nitrogens with one attached hydrogen (secondary N) is 2. The predicted molar refractivity (Wildman–Crippen MR) is 83.7 cm³/mol. The third-order valence-electron chi connectivity index (χ3n) is 4.38. The fraction of sp³-hybridized carbons (Fsp3) is 0.562. The fourth-order valence-corrected chi connectivity index (χ4v) is 3.55. The molecule has 1 aromatic rings. The summed E-state index contributed by atoms with van der Waals surface area (Å²) in [4.78, 5) is 11.5. The van der Waals surface area contributed by atoms with Crippen LogP contribution >= 0.6 is 11.6 Å². The molecule has 0 radical (unpaired) electrons. The summed E-state index contributed by atoms with van der Waals surface area (Å²) >= 11 is 6.47. The molecule has 3 unspecified atom stereocenters. The molecule has 3 rings (SSSR count). The fourth-order valence-electron chi connectivity index (χ4n) is 3.27. The molecule has 0 saturated carbocycles. The van der Waals surface area contributed by atoms with Crippen LogP contribution in [0.1, 0.15) is 37.4 Å². The normalized spacial score (nSPS) is 25.8. The van der Waals surface area contributed by atoms with Crippen LogP contribution in [0.4, 0.5) is 5.69 Å². The molecule has 1 aromatic carbocycles. The highest BCUT2D eigenvalue weighted by molar-refractivity contribution is 6.32. The topological polar surface area (TPSA) is 50.4 Å². The number of amides is 1. The third kappa shape index (κ3) is 2.80. The van der Waals surface area contributed by atoms with Crippen molar-refractivity contribution in [1.82, 2.24) is 5.32 Å². The Morgan fingerprint density at radius 3 is 3.00 bits per heavy atom. The van der Waals surface area contributed by atoms with Gasteiger partial charge >= 0.3 is 0 Å². The summed E-state index contributed by atoms with van der Waals surface area (Å²) in [6.07, 6.45) is 1.64. The van der Waals surface area contributed by atoms with Crippen LogP contribution in [-0.4, -0.2) is 25.2 Å². The molecule has 114 valence electrons. The monoisotopic (exact) mass is 308 g/mol. The van der Waals surface area contributed by atoms with Gasteiger partial charge in [-0.1, -0.05) is 31.5 Å². The number of likely N-dealkylation sites (N-methyl/N-ethyl adjacent to an activating group) is 1. The van der Waals surface area contributed by atoms with Crippen molar-refractivity contribution >= 4 is 23.2 Å². The molecule has 3 atom stereocenters. The van der Waals surface area contributed by atoms with Crippen molar-refractivity contribution in [1.29, 1.82) is 0 Å². The van der Waals surface area contributed by atoms with Gasteiger partial charge in [-0.25, -0.2) is 0 Å². The number of hydrogen-bond acceptors (Lipinski definition) is 3. The first-order valence-electron chi connectivity index (χ1n) is 7.57. The average molecular weight is 309 g/mol. The van der Waals surface area contributed by atoms with E-state index in [2.05, 4.69) is 30.5 Å². The van der Waals surface area contributed by atoms with Crippen molar-refractivity contribution in [3.8, 4) is 0 Å². The summed E-state index contributed by atoms with van der Waals surface area (Å²) in [6.45, 7) is 5.95. The largest absolute Gasteiger partial charge is 0.376 e. The number of halogens is 1. The van der Waals surface area contributed by atoms with Crippen LogP contribution in [0.5, 0.6) is 0 Å². The van der Waals surface area contributed by atoms with Crippen molar-refractivity contribution in [3.63, 3.8) is 0 Å². The van der Waals surface area contributed by atoms with Crippen molar-refractivity contribution in [2.45, 2.75) is 38.8 Å². The third-order valence-corrected chi connectivity index (χ3v) is 4.71. The van der Waals surface area contributed by atoms with Gasteiger partial charge in [0.1, 0.15) is 0 Å². The molecule has 2 heterocycles. The number of ether oxygens (including phenoxy) is 1. The number of hydrogen-bond donors (Lipinski definition) is 2. The van der Waals surface area contributed by atoms with Crippen LogP contribution in [-0.2, 0) is 16.0 Å². The zero-order valence-electron chi connectivity index (χ0n) is 12.4. The molecular weight excluding hydrogens is 288 g/mol. The van der Waals surface area contributed by atoms with E-state index in [1.54, 1.807) is 0 Å². The number of fused-ring (bicyclic) bond motifs is 1. The molecule has 1 saturated heterocycles. The second-order valence-corrected chi connectivity index (χ2v) is 6.30. The molecule has 2 aliphatic rings. The smallest absolute Gasteiger partial charge is 0.228 e. The number of rotatable bonds is 4. The van der Waals surface area contributed by atoms with Gasteiger partial charge in [0, 0.05) is 17.3 Å². The minimum absolute atomic E-state index is 0.0312. The predicted octanol–water partition coefficient (Wildman–Crippen LogP) is 2.91. The number of carbonyl (C=O) groups excluding carboxylic acids is 1. The zero-order valence-corrected chi connectivity index (χ0v) is 13.2. The van der Waals surface area contributed by atoms with Gasteiger partial charge in [0.05, 0.1) is 18.6 Å². The van der Waals surface area contributed by atoms with Gasteiger partial charge in [-0.05, 0) is 36.1 Å². The van der Waals surface area contributed by atoms with Gasteiger partial charge in [-0.2, -0.15) is 0 Å². The SMILES string of the molecule is CCNC(c1cc2c(cc1Cl)NC(=O)C2)C1OCCC1C. The van der Waals surface area contributed by atoms with Crippen molar-refractivity contribution in [2.24, 2.45) is 5.92 Å². The van der Waals surface area contributed by atoms with E-state index in [9.17, 15) is 4.79 Å². The highest BCUT2D eigenvalue weighted by Crippen LogP contribution is 2.38. The number of benzene rings is 1. The minimum Gasteiger partial charge on any atom is -0.376 e. The molecule has 0 aliphatic carbocycles. The van der Waals surface area contributed by atoms with E-state index in [4.69, 9.17) is 16.3 Å². The standard InChI is InChI=1S/C16H21ClN2O2/c1-3-18-15(16-9(2)4-5-21-16)11-6-10-7-14(20)19-13(10)8-12(11)17/h6,8-9,15-16,18H,3-5,7H2,1-2H3,(H,19,20). The lowest BCUT2D eigenvalue weighted by molar-refractivity contribution is -0.115. The first-order chi connectivity index (χ1) is 10.1. The lowest BCUT2D eigenvalue weighted by Gasteiger charge is -2.28. The molecule has 5 heteroatoms.